The molecule has 5 nitrogen and oxygen atoms in total. The molecule has 0 aliphatic rings. The Bertz CT molecular complexity index is 1040. The van der Waals surface area contributed by atoms with Gasteiger partial charge in [0.15, 0.2) is 11.6 Å². The molecule has 1 aromatic heterocycles. The molecule has 0 bridgehead atoms. The summed E-state index contributed by atoms with van der Waals surface area (Å²) in [6.45, 7) is 2.72. The van der Waals surface area contributed by atoms with Crippen molar-refractivity contribution in [1.29, 1.82) is 0 Å². The van der Waals surface area contributed by atoms with E-state index in [9.17, 15) is 0 Å². The summed E-state index contributed by atoms with van der Waals surface area (Å²) in [6, 6.07) is 28.8. The zero-order valence-corrected chi connectivity index (χ0v) is 16.9. The van der Waals surface area contributed by atoms with E-state index in [1.165, 1.54) is 17.5 Å². The van der Waals surface area contributed by atoms with Crippen LogP contribution in [-0.4, -0.2) is 9.97 Å². The van der Waals surface area contributed by atoms with Crippen LogP contribution in [0.5, 0.6) is 0 Å². The maximum absolute atomic E-state index is 6.43. The lowest BCUT2D eigenvalue weighted by Gasteiger charge is -2.22. The van der Waals surface area contributed by atoms with Gasteiger partial charge in [-0.3, -0.25) is 0 Å². The highest BCUT2D eigenvalue weighted by molar-refractivity contribution is 5.74. The third kappa shape index (κ3) is 4.58. The maximum atomic E-state index is 6.43. The minimum Gasteiger partial charge on any atom is -0.393 e. The molecule has 0 amide bonds. The van der Waals surface area contributed by atoms with Crippen LogP contribution in [0, 0.1) is 6.92 Å². The summed E-state index contributed by atoms with van der Waals surface area (Å²) in [5.41, 5.74) is 11.6. The third-order valence-corrected chi connectivity index (χ3v) is 5.01. The van der Waals surface area contributed by atoms with Crippen molar-refractivity contribution in [3.05, 3.63) is 114 Å². The van der Waals surface area contributed by atoms with Crippen LogP contribution >= 0.6 is 0 Å². The van der Waals surface area contributed by atoms with Crippen molar-refractivity contribution in [3.63, 3.8) is 0 Å². The van der Waals surface area contributed by atoms with Crippen LogP contribution in [0.15, 0.2) is 91.3 Å². The Labute approximate surface area is 177 Å². The molecule has 1 heterocycles. The fourth-order valence-electron chi connectivity index (χ4n) is 3.33. The van der Waals surface area contributed by atoms with Gasteiger partial charge in [-0.25, -0.2) is 9.97 Å². The molecule has 0 aliphatic heterocycles. The first-order valence-corrected chi connectivity index (χ1v) is 9.97. The fourth-order valence-corrected chi connectivity index (χ4v) is 3.33. The van der Waals surface area contributed by atoms with E-state index in [1.807, 2.05) is 36.4 Å². The largest absolute Gasteiger partial charge is 0.393 e. The highest BCUT2D eigenvalue weighted by atomic mass is 15.1. The summed E-state index contributed by atoms with van der Waals surface area (Å²) < 4.78 is 0. The van der Waals surface area contributed by atoms with Gasteiger partial charge >= 0.3 is 0 Å². The Morgan fingerprint density at radius 3 is 1.93 bits per heavy atom. The van der Waals surface area contributed by atoms with Crippen molar-refractivity contribution in [3.8, 4) is 0 Å². The molecule has 0 saturated carbocycles. The van der Waals surface area contributed by atoms with Crippen molar-refractivity contribution >= 4 is 17.3 Å². The van der Waals surface area contributed by atoms with Gasteiger partial charge < -0.3 is 16.4 Å². The normalized spacial score (nSPS) is 10.7. The van der Waals surface area contributed by atoms with E-state index in [2.05, 4.69) is 76.1 Å². The molecule has 4 rings (SSSR count). The van der Waals surface area contributed by atoms with Crippen molar-refractivity contribution in [1.82, 2.24) is 9.97 Å². The second-order valence-electron chi connectivity index (χ2n) is 7.22. The molecular weight excluding hydrogens is 370 g/mol. The minimum atomic E-state index is -0.0745. The molecule has 0 saturated heterocycles. The van der Waals surface area contributed by atoms with Crippen molar-refractivity contribution < 1.29 is 0 Å². The molecule has 0 fully saturated rings. The van der Waals surface area contributed by atoms with Crippen molar-refractivity contribution in [2.45, 2.75) is 19.5 Å². The summed E-state index contributed by atoms with van der Waals surface area (Å²) in [5, 5.41) is 6.84. The van der Waals surface area contributed by atoms with Gasteiger partial charge in [0, 0.05) is 6.54 Å². The first kappa shape index (κ1) is 19.5. The Morgan fingerprint density at radius 1 is 0.767 bits per heavy atom. The number of rotatable bonds is 7. The fraction of sp³-hybridized carbons (Fsp3) is 0.120. The van der Waals surface area contributed by atoms with Crippen LogP contribution in [0.1, 0.15) is 28.3 Å². The highest BCUT2D eigenvalue weighted by Gasteiger charge is 2.17. The molecular formula is C25H25N5. The van der Waals surface area contributed by atoms with Gasteiger partial charge in [0.05, 0.1) is 6.04 Å². The first-order valence-electron chi connectivity index (χ1n) is 9.97. The van der Waals surface area contributed by atoms with Crippen LogP contribution in [0.2, 0.25) is 0 Å². The SMILES string of the molecule is Cc1ccc(CNc2ncnc(NC(c3ccccc3)c3ccccc3)c2N)cc1. The molecule has 0 aliphatic carbocycles. The number of nitrogens with one attached hydrogen (secondary N) is 2. The van der Waals surface area contributed by atoms with Crippen LogP contribution in [0.4, 0.5) is 17.3 Å². The van der Waals surface area contributed by atoms with Gasteiger partial charge in [0.1, 0.15) is 12.0 Å². The van der Waals surface area contributed by atoms with Gasteiger partial charge in [0.2, 0.25) is 0 Å². The second-order valence-corrected chi connectivity index (χ2v) is 7.22. The topological polar surface area (TPSA) is 75.9 Å². The number of nitrogens with zero attached hydrogens (tertiary/aromatic N) is 2. The molecule has 0 unspecified atom stereocenters. The molecule has 150 valence electrons. The zero-order chi connectivity index (χ0) is 20.8. The molecule has 5 heteroatoms. The van der Waals surface area contributed by atoms with E-state index >= 15 is 0 Å². The van der Waals surface area contributed by atoms with E-state index in [4.69, 9.17) is 5.73 Å². The van der Waals surface area contributed by atoms with Crippen LogP contribution in [0.3, 0.4) is 0 Å². The summed E-state index contributed by atoms with van der Waals surface area (Å²) in [6.07, 6.45) is 1.53. The number of nitrogen functional groups attached to an aromatic ring is 1. The Morgan fingerprint density at radius 2 is 1.33 bits per heavy atom. The quantitative estimate of drug-likeness (QED) is 0.402. The molecule has 30 heavy (non-hydrogen) atoms. The number of hydrogen-bond donors (Lipinski definition) is 3. The zero-order valence-electron chi connectivity index (χ0n) is 16.9. The average Bonchev–Trinajstić information content (AvgIpc) is 2.80. The van der Waals surface area contributed by atoms with Crippen LogP contribution in [-0.2, 0) is 6.54 Å². The first-order chi connectivity index (χ1) is 14.7. The smallest absolute Gasteiger partial charge is 0.155 e. The lowest BCUT2D eigenvalue weighted by atomic mass is 9.99. The number of nitrogens with two attached hydrogens (primary N) is 1. The summed E-state index contributed by atoms with van der Waals surface area (Å²) in [5.74, 6) is 1.22. The van der Waals surface area contributed by atoms with Gasteiger partial charge in [-0.05, 0) is 23.6 Å². The number of benzene rings is 3. The third-order valence-electron chi connectivity index (χ3n) is 5.01. The summed E-state index contributed by atoms with van der Waals surface area (Å²) >= 11 is 0. The Balaban J connectivity index is 1.58. The number of aromatic nitrogens is 2. The highest BCUT2D eigenvalue weighted by Crippen LogP contribution is 2.30. The molecule has 0 atom stereocenters. The van der Waals surface area contributed by atoms with E-state index in [0.717, 1.165) is 11.1 Å². The molecule has 0 spiro atoms. The summed E-state index contributed by atoms with van der Waals surface area (Å²) in [4.78, 5) is 8.75. The predicted octanol–water partition coefficient (Wildman–Crippen LogP) is 5.18. The van der Waals surface area contributed by atoms with Crippen LogP contribution in [0.25, 0.3) is 0 Å². The van der Waals surface area contributed by atoms with E-state index in [1.54, 1.807) is 0 Å². The van der Waals surface area contributed by atoms with Crippen LogP contribution < -0.4 is 16.4 Å². The van der Waals surface area contributed by atoms with E-state index < -0.39 is 0 Å². The number of hydrogen-bond acceptors (Lipinski definition) is 5. The van der Waals surface area contributed by atoms with Gasteiger partial charge in [-0.2, -0.15) is 0 Å². The number of anilines is 3. The Hall–Kier alpha value is -3.86. The van der Waals surface area contributed by atoms with Crippen molar-refractivity contribution in [2.24, 2.45) is 0 Å². The monoisotopic (exact) mass is 395 g/mol. The van der Waals surface area contributed by atoms with Gasteiger partial charge in [0.25, 0.3) is 0 Å². The van der Waals surface area contributed by atoms with Gasteiger partial charge in [-0.1, -0.05) is 90.5 Å². The maximum Gasteiger partial charge on any atom is 0.155 e. The molecule has 4 N–H and O–H groups in total. The summed E-state index contributed by atoms with van der Waals surface area (Å²) in [7, 11) is 0. The molecule has 3 aromatic carbocycles. The van der Waals surface area contributed by atoms with Gasteiger partial charge in [-0.15, -0.1) is 0 Å². The number of aryl methyl sites for hydroxylation is 1. The lowest BCUT2D eigenvalue weighted by Crippen LogP contribution is -2.16. The van der Waals surface area contributed by atoms with E-state index in [0.29, 0.717) is 23.9 Å². The Kier molecular flexibility index (Phi) is 5.90. The minimum absolute atomic E-state index is 0.0745. The molecule has 0 radical (unpaired) electrons. The van der Waals surface area contributed by atoms with E-state index in [-0.39, 0.29) is 6.04 Å². The lowest BCUT2D eigenvalue weighted by molar-refractivity contribution is 0.923. The predicted molar refractivity (Wildman–Crippen MR) is 123 cm³/mol. The average molecular weight is 396 g/mol. The molecule has 4 aromatic rings. The second kappa shape index (κ2) is 9.09. The van der Waals surface area contributed by atoms with Crippen molar-refractivity contribution in [2.75, 3.05) is 16.4 Å². The standard InChI is InChI=1S/C25H25N5/c1-18-12-14-19(15-13-18)16-27-24-22(26)25(29-17-28-24)30-23(20-8-4-2-5-9-20)21-10-6-3-7-11-21/h2-15,17,23H,16,26H2,1H3,(H2,27,28,29,30).